The first-order valence-electron chi connectivity index (χ1n) is 8.15. The average molecular weight is 444 g/mol. The number of thiophene rings is 1. The molecule has 0 aliphatic carbocycles. The minimum atomic E-state index is -0.498. The minimum Gasteiger partial charge on any atom is -0.408 e. The zero-order valence-corrected chi connectivity index (χ0v) is 16.4. The molecule has 0 radical (unpaired) electrons. The van der Waals surface area contributed by atoms with E-state index >= 15 is 0 Å². The van der Waals surface area contributed by atoms with Crippen molar-refractivity contribution < 1.29 is 8.81 Å². The number of hydrogen-bond donors (Lipinski definition) is 1. The molecule has 0 unspecified atom stereocenters. The molecule has 0 atom stereocenters. The van der Waals surface area contributed by atoms with E-state index in [1.165, 1.54) is 17.4 Å². The highest BCUT2D eigenvalue weighted by atomic mass is 79.9. The molecule has 0 saturated carbocycles. The van der Waals surface area contributed by atoms with Gasteiger partial charge in [0, 0.05) is 27.6 Å². The molecule has 0 saturated heterocycles. The Kier molecular flexibility index (Phi) is 3.66. The summed E-state index contributed by atoms with van der Waals surface area (Å²) in [7, 11) is 0. The summed E-state index contributed by atoms with van der Waals surface area (Å²) < 4.78 is 21.1. The Labute approximate surface area is 164 Å². The molecule has 3 heterocycles. The van der Waals surface area contributed by atoms with Gasteiger partial charge in [0.25, 0.3) is 0 Å². The number of halogens is 2. The SMILES string of the molecule is CC1=NN=C(c2cc3c(F)ccc(Br)c3s2)c2cc3oc(=O)[nH]c3cc2C1. The van der Waals surface area contributed by atoms with E-state index in [4.69, 9.17) is 4.42 Å². The van der Waals surface area contributed by atoms with Crippen LogP contribution in [0.3, 0.4) is 0 Å². The molecule has 1 aliphatic heterocycles. The first kappa shape index (κ1) is 16.6. The highest BCUT2D eigenvalue weighted by molar-refractivity contribution is 9.10. The van der Waals surface area contributed by atoms with Gasteiger partial charge in [-0.2, -0.15) is 5.10 Å². The van der Waals surface area contributed by atoms with Gasteiger partial charge in [0.2, 0.25) is 0 Å². The molecule has 2 aromatic carbocycles. The predicted molar refractivity (Wildman–Crippen MR) is 109 cm³/mol. The van der Waals surface area contributed by atoms with Crippen LogP contribution in [-0.2, 0) is 6.42 Å². The van der Waals surface area contributed by atoms with E-state index in [-0.39, 0.29) is 5.82 Å². The third kappa shape index (κ3) is 2.67. The van der Waals surface area contributed by atoms with Crippen LogP contribution in [0.4, 0.5) is 4.39 Å². The highest BCUT2D eigenvalue weighted by Crippen LogP contribution is 2.36. The number of nitrogens with one attached hydrogen (secondary N) is 1. The maximum atomic E-state index is 14.3. The van der Waals surface area contributed by atoms with Crippen LogP contribution >= 0.6 is 27.3 Å². The summed E-state index contributed by atoms with van der Waals surface area (Å²) >= 11 is 4.93. The Morgan fingerprint density at radius 3 is 2.93 bits per heavy atom. The summed E-state index contributed by atoms with van der Waals surface area (Å²) in [5.74, 6) is -0.779. The van der Waals surface area contributed by atoms with E-state index in [1.54, 1.807) is 18.2 Å². The minimum absolute atomic E-state index is 0.281. The molecule has 0 fully saturated rings. The average Bonchev–Trinajstić information content (AvgIpc) is 3.18. The van der Waals surface area contributed by atoms with Gasteiger partial charge >= 0.3 is 5.76 Å². The van der Waals surface area contributed by atoms with Crippen molar-refractivity contribution in [3.05, 3.63) is 67.2 Å². The van der Waals surface area contributed by atoms with Crippen molar-refractivity contribution in [3.8, 4) is 0 Å². The Morgan fingerprint density at radius 2 is 2.11 bits per heavy atom. The molecular weight excluding hydrogens is 433 g/mol. The van der Waals surface area contributed by atoms with Crippen LogP contribution in [0.1, 0.15) is 22.9 Å². The standard InChI is InChI=1S/C19H11BrFN3O2S/c1-8-4-9-5-14-15(26-19(25)22-14)6-10(9)17(24-23-8)16-7-11-13(21)3-2-12(20)18(11)27-16/h2-3,5-7H,4H2,1H3,(H,22,25). The largest absolute Gasteiger partial charge is 0.417 e. The summed E-state index contributed by atoms with van der Waals surface area (Å²) in [4.78, 5) is 15.0. The lowest BCUT2D eigenvalue weighted by Gasteiger charge is -2.07. The van der Waals surface area contributed by atoms with Crippen LogP contribution in [0.15, 0.2) is 54.2 Å². The van der Waals surface area contributed by atoms with Crippen LogP contribution in [0.5, 0.6) is 0 Å². The lowest BCUT2D eigenvalue weighted by atomic mass is 9.97. The van der Waals surface area contributed by atoms with Gasteiger partial charge in [0.1, 0.15) is 11.5 Å². The Bertz CT molecular complexity index is 1320. The molecule has 134 valence electrons. The molecule has 5 rings (SSSR count). The van der Waals surface area contributed by atoms with E-state index in [9.17, 15) is 9.18 Å². The zero-order chi connectivity index (χ0) is 18.7. The first-order chi connectivity index (χ1) is 13.0. The monoisotopic (exact) mass is 443 g/mol. The van der Waals surface area contributed by atoms with Gasteiger partial charge in [0.05, 0.1) is 15.1 Å². The normalized spacial score (nSPS) is 14.2. The second kappa shape index (κ2) is 5.97. The van der Waals surface area contributed by atoms with Crippen LogP contribution in [0.2, 0.25) is 0 Å². The summed E-state index contributed by atoms with van der Waals surface area (Å²) in [5.41, 5.74) is 4.39. The van der Waals surface area contributed by atoms with Crippen molar-refractivity contribution in [2.45, 2.75) is 13.3 Å². The number of hydrogen-bond acceptors (Lipinski definition) is 5. The van der Waals surface area contributed by atoms with Gasteiger partial charge in [0.15, 0.2) is 5.58 Å². The van der Waals surface area contributed by atoms with Gasteiger partial charge in [-0.1, -0.05) is 0 Å². The number of aromatic nitrogens is 1. The predicted octanol–water partition coefficient (Wildman–Crippen LogP) is 5.01. The molecule has 27 heavy (non-hydrogen) atoms. The topological polar surface area (TPSA) is 70.7 Å². The van der Waals surface area contributed by atoms with Crippen LogP contribution < -0.4 is 5.76 Å². The molecule has 8 heteroatoms. The van der Waals surface area contributed by atoms with E-state index in [1.807, 2.05) is 13.0 Å². The smallest absolute Gasteiger partial charge is 0.408 e. The molecule has 0 bridgehead atoms. The van der Waals surface area contributed by atoms with Gasteiger partial charge in [-0.25, -0.2) is 9.18 Å². The van der Waals surface area contributed by atoms with E-state index in [0.29, 0.717) is 28.6 Å². The number of H-pyrrole nitrogens is 1. The Morgan fingerprint density at radius 1 is 1.26 bits per heavy atom. The summed E-state index contributed by atoms with van der Waals surface area (Å²) in [6.07, 6.45) is 0.606. The summed E-state index contributed by atoms with van der Waals surface area (Å²) in [6.45, 7) is 1.90. The third-order valence-corrected chi connectivity index (χ3v) is 6.58. The molecule has 1 aliphatic rings. The first-order valence-corrected chi connectivity index (χ1v) is 9.76. The third-order valence-electron chi connectivity index (χ3n) is 4.48. The summed E-state index contributed by atoms with van der Waals surface area (Å²) in [5, 5.41) is 9.27. The highest BCUT2D eigenvalue weighted by Gasteiger charge is 2.21. The van der Waals surface area contributed by atoms with E-state index in [2.05, 4.69) is 31.1 Å². The Hall–Kier alpha value is -2.58. The van der Waals surface area contributed by atoms with Crippen molar-refractivity contribution in [3.63, 3.8) is 0 Å². The van der Waals surface area contributed by atoms with Crippen LogP contribution in [0.25, 0.3) is 21.2 Å². The van der Waals surface area contributed by atoms with Gasteiger partial charge < -0.3 is 4.42 Å². The molecule has 2 aromatic heterocycles. The fraction of sp³-hybridized carbons (Fsp3) is 0.105. The lowest BCUT2D eigenvalue weighted by Crippen LogP contribution is -2.05. The van der Waals surface area contributed by atoms with Crippen molar-refractivity contribution in [2.24, 2.45) is 10.2 Å². The van der Waals surface area contributed by atoms with Crippen molar-refractivity contribution in [2.75, 3.05) is 0 Å². The molecular formula is C19H11BrFN3O2S. The van der Waals surface area contributed by atoms with Crippen molar-refractivity contribution in [1.82, 2.24) is 4.98 Å². The zero-order valence-electron chi connectivity index (χ0n) is 14.0. The van der Waals surface area contributed by atoms with Gasteiger partial charge in [-0.05, 0) is 58.7 Å². The summed E-state index contributed by atoms with van der Waals surface area (Å²) in [6, 6.07) is 8.61. The van der Waals surface area contributed by atoms with Gasteiger partial charge in [-0.3, -0.25) is 4.98 Å². The van der Waals surface area contributed by atoms with Crippen LogP contribution in [-0.4, -0.2) is 16.4 Å². The number of benzene rings is 2. The quantitative estimate of drug-likeness (QED) is 0.449. The van der Waals surface area contributed by atoms with E-state index in [0.717, 1.165) is 30.9 Å². The number of aromatic amines is 1. The second-order valence-electron chi connectivity index (χ2n) is 6.36. The molecule has 5 nitrogen and oxygen atoms in total. The number of fused-ring (bicyclic) bond motifs is 3. The molecule has 4 aromatic rings. The molecule has 0 amide bonds. The maximum Gasteiger partial charge on any atom is 0.417 e. The number of nitrogens with zero attached hydrogens (tertiary/aromatic N) is 2. The fourth-order valence-electron chi connectivity index (χ4n) is 3.27. The van der Waals surface area contributed by atoms with Crippen LogP contribution in [0, 0.1) is 5.82 Å². The Balaban J connectivity index is 1.79. The second-order valence-corrected chi connectivity index (χ2v) is 8.27. The lowest BCUT2D eigenvalue weighted by molar-refractivity contribution is 0.555. The van der Waals surface area contributed by atoms with E-state index < -0.39 is 5.76 Å². The maximum absolute atomic E-state index is 14.3. The van der Waals surface area contributed by atoms with Gasteiger partial charge in [-0.15, -0.1) is 16.4 Å². The number of rotatable bonds is 1. The molecule has 1 N–H and O–H groups in total. The fourth-order valence-corrected chi connectivity index (χ4v) is 4.93. The van der Waals surface area contributed by atoms with Crippen molar-refractivity contribution >= 4 is 59.9 Å². The number of oxazole rings is 1. The molecule has 0 spiro atoms. The van der Waals surface area contributed by atoms with Crippen molar-refractivity contribution in [1.29, 1.82) is 0 Å².